The van der Waals surface area contributed by atoms with Crippen LogP contribution in [0.4, 0.5) is 0 Å². The van der Waals surface area contributed by atoms with Crippen LogP contribution in [0.2, 0.25) is 5.02 Å². The lowest BCUT2D eigenvalue weighted by molar-refractivity contribution is -0.122. The Balaban J connectivity index is 1.91. The summed E-state index contributed by atoms with van der Waals surface area (Å²) in [4.78, 5) is 52.7. The minimum Gasteiger partial charge on any atom is -0.507 e. The molecule has 1 aliphatic heterocycles. The van der Waals surface area contributed by atoms with Crippen molar-refractivity contribution in [2.75, 3.05) is 48.6 Å². The molecule has 1 spiro atoms. The molecular weight excluding hydrogens is 624 g/mol. The van der Waals surface area contributed by atoms with Crippen LogP contribution in [0.15, 0.2) is 29.5 Å². The summed E-state index contributed by atoms with van der Waals surface area (Å²) in [5.41, 5.74) is -1.92. The zero-order valence-corrected chi connectivity index (χ0v) is 27.4. The number of halogens is 1. The molecular formula is C32H37ClN2O11. The Bertz CT molecular complexity index is 1580. The van der Waals surface area contributed by atoms with Gasteiger partial charge < -0.3 is 44.2 Å². The molecule has 3 N–H and O–H groups in total. The van der Waals surface area contributed by atoms with E-state index in [-0.39, 0.29) is 82.5 Å². The van der Waals surface area contributed by atoms with Gasteiger partial charge >= 0.3 is 0 Å². The van der Waals surface area contributed by atoms with Crippen LogP contribution in [-0.4, -0.2) is 82.7 Å². The molecule has 2 aromatic rings. The van der Waals surface area contributed by atoms with Crippen LogP contribution < -0.4 is 39.1 Å². The molecule has 4 rings (SSSR count). The van der Waals surface area contributed by atoms with E-state index in [2.05, 4.69) is 10.6 Å². The minimum atomic E-state index is -2.06. The first-order chi connectivity index (χ1) is 21.9. The number of carbonyl (C=O) groups is 4. The number of nitrogens with one attached hydrogen (secondary N) is 2. The fourth-order valence-electron chi connectivity index (χ4n) is 5.93. The van der Waals surface area contributed by atoms with E-state index in [0.717, 1.165) is 0 Å². The van der Waals surface area contributed by atoms with Gasteiger partial charge in [-0.2, -0.15) is 0 Å². The van der Waals surface area contributed by atoms with E-state index in [1.54, 1.807) is 19.1 Å². The van der Waals surface area contributed by atoms with Gasteiger partial charge in [0.1, 0.15) is 22.1 Å². The predicted molar refractivity (Wildman–Crippen MR) is 166 cm³/mol. The van der Waals surface area contributed by atoms with Crippen molar-refractivity contribution in [3.05, 3.63) is 45.7 Å². The quantitative estimate of drug-likeness (QED) is 0.285. The van der Waals surface area contributed by atoms with Gasteiger partial charge in [0, 0.05) is 56.3 Å². The molecule has 1 heterocycles. The van der Waals surface area contributed by atoms with E-state index in [0.29, 0.717) is 5.56 Å². The number of Topliss-reactive ketones (excluding diaryl/α,β-unsaturated/α-hetero) is 2. The summed E-state index contributed by atoms with van der Waals surface area (Å²) in [6.45, 7) is 3.25. The second-order valence-electron chi connectivity index (χ2n) is 10.8. The number of ketones is 2. The minimum absolute atomic E-state index is 0.0123. The number of hydrogen-bond acceptors (Lipinski definition) is 11. The van der Waals surface area contributed by atoms with Crippen LogP contribution in [0.3, 0.4) is 0 Å². The molecule has 2 aromatic carbocycles. The predicted octanol–water partition coefficient (Wildman–Crippen LogP) is 3.54. The lowest BCUT2D eigenvalue weighted by atomic mass is 9.69. The zero-order chi connectivity index (χ0) is 33.9. The maximum absolute atomic E-state index is 14.3. The molecule has 46 heavy (non-hydrogen) atoms. The van der Waals surface area contributed by atoms with Crippen LogP contribution in [0, 0.1) is 5.92 Å². The van der Waals surface area contributed by atoms with Crippen molar-refractivity contribution < 1.29 is 52.7 Å². The molecule has 2 aliphatic rings. The van der Waals surface area contributed by atoms with E-state index in [9.17, 15) is 24.3 Å². The van der Waals surface area contributed by atoms with E-state index in [1.807, 2.05) is 0 Å². The Labute approximate surface area is 271 Å². The van der Waals surface area contributed by atoms with Gasteiger partial charge in [0.2, 0.25) is 28.9 Å². The highest BCUT2D eigenvalue weighted by molar-refractivity contribution is 6.35. The summed E-state index contributed by atoms with van der Waals surface area (Å²) >= 11 is 6.57. The summed E-state index contributed by atoms with van der Waals surface area (Å²) in [6.07, 6.45) is -0.547. The summed E-state index contributed by atoms with van der Waals surface area (Å²) in [6, 6.07) is 4.56. The Morgan fingerprint density at radius 2 is 1.54 bits per heavy atom. The fraction of sp³-hybridized carbons (Fsp3) is 0.438. The topological polar surface area (TPSA) is 168 Å². The summed E-state index contributed by atoms with van der Waals surface area (Å²) in [7, 11) is 7.01. The second kappa shape index (κ2) is 13.8. The van der Waals surface area contributed by atoms with Gasteiger partial charge in [-0.25, -0.2) is 0 Å². The first kappa shape index (κ1) is 34.2. The molecule has 2 amide bonds. The average molecular weight is 661 g/mol. The third-order valence-corrected chi connectivity index (χ3v) is 8.52. The highest BCUT2D eigenvalue weighted by Crippen LogP contribution is 2.56. The number of benzene rings is 2. The van der Waals surface area contributed by atoms with Crippen LogP contribution in [0.25, 0.3) is 0 Å². The van der Waals surface area contributed by atoms with E-state index < -0.39 is 40.7 Å². The number of amides is 2. The number of methoxy groups -OCH3 is 5. The Morgan fingerprint density at radius 1 is 0.957 bits per heavy atom. The maximum Gasteiger partial charge on any atom is 0.231 e. The van der Waals surface area contributed by atoms with E-state index in [4.69, 9.17) is 40.0 Å². The van der Waals surface area contributed by atoms with Crippen molar-refractivity contribution in [3.8, 4) is 34.5 Å². The lowest BCUT2D eigenvalue weighted by Gasteiger charge is -2.38. The summed E-state index contributed by atoms with van der Waals surface area (Å²) in [5, 5.41) is 17.4. The van der Waals surface area contributed by atoms with Crippen molar-refractivity contribution >= 4 is 35.0 Å². The van der Waals surface area contributed by atoms with Crippen LogP contribution >= 0.6 is 11.6 Å². The molecule has 0 saturated carbocycles. The number of rotatable bonds is 12. The van der Waals surface area contributed by atoms with Gasteiger partial charge in [-0.3, -0.25) is 19.2 Å². The molecule has 0 bridgehead atoms. The van der Waals surface area contributed by atoms with Crippen molar-refractivity contribution in [1.82, 2.24) is 10.6 Å². The molecule has 0 fully saturated rings. The number of fused-ring (bicyclic) bond motifs is 1. The van der Waals surface area contributed by atoms with Crippen LogP contribution in [-0.2, 0) is 14.4 Å². The zero-order valence-electron chi connectivity index (χ0n) is 26.6. The molecule has 0 aromatic heterocycles. The normalized spacial score (nSPS) is 19.3. The Kier molecular flexibility index (Phi) is 10.2. The van der Waals surface area contributed by atoms with Crippen molar-refractivity contribution in [2.24, 2.45) is 5.92 Å². The van der Waals surface area contributed by atoms with E-state index in [1.165, 1.54) is 48.5 Å². The highest BCUT2D eigenvalue weighted by atomic mass is 35.5. The monoisotopic (exact) mass is 660 g/mol. The van der Waals surface area contributed by atoms with Gasteiger partial charge in [0.25, 0.3) is 0 Å². The maximum atomic E-state index is 14.3. The second-order valence-corrected chi connectivity index (χ2v) is 11.2. The number of allylic oxidation sites excluding steroid dienone is 1. The highest BCUT2D eigenvalue weighted by Gasteiger charge is 2.61. The number of aliphatic hydroxyl groups excluding tert-OH is 1. The molecule has 3 atom stereocenters. The summed E-state index contributed by atoms with van der Waals surface area (Å²) in [5.74, 6) is -3.56. The first-order valence-electron chi connectivity index (χ1n) is 14.4. The molecule has 13 nitrogen and oxygen atoms in total. The number of hydrogen-bond donors (Lipinski definition) is 3. The Hall–Kier alpha value is -4.65. The molecule has 0 saturated heterocycles. The first-order valence-corrected chi connectivity index (χ1v) is 14.7. The van der Waals surface area contributed by atoms with Crippen molar-refractivity contribution in [2.45, 2.75) is 38.2 Å². The number of aliphatic hydroxyl groups is 1. The van der Waals surface area contributed by atoms with Gasteiger partial charge in [-0.1, -0.05) is 18.5 Å². The molecule has 0 radical (unpaired) electrons. The molecule has 14 heteroatoms. The van der Waals surface area contributed by atoms with E-state index >= 15 is 0 Å². The summed E-state index contributed by atoms with van der Waals surface area (Å²) < 4.78 is 33.6. The third kappa shape index (κ3) is 5.86. The molecule has 3 unspecified atom stereocenters. The smallest absolute Gasteiger partial charge is 0.231 e. The number of carbonyl (C=O) groups excluding carboxylic acids is 4. The Morgan fingerprint density at radius 3 is 2.09 bits per heavy atom. The standard InChI is InChI=1S/C32H37ClN2O11/c1-15-10-19(37)25(30(39)32(15)31(40)26-20(41-3)14-21(42-4)27(33)29(26)46-32)18(13-24(38)35-9-8-34-16(2)36)17-11-22(43-5)28(45-7)23(12-17)44-6/h11-12,14-15,18,39H,8-10,13H2,1-7H3,(H,34,36)(H,35,38). The van der Waals surface area contributed by atoms with Crippen molar-refractivity contribution in [1.29, 1.82) is 0 Å². The fourth-order valence-corrected chi connectivity index (χ4v) is 6.19. The molecule has 248 valence electrons. The van der Waals surface area contributed by atoms with Gasteiger partial charge in [-0.05, 0) is 17.7 Å². The number of ether oxygens (including phenoxy) is 6. The average Bonchev–Trinajstić information content (AvgIpc) is 3.35. The third-order valence-electron chi connectivity index (χ3n) is 8.16. The van der Waals surface area contributed by atoms with Gasteiger partial charge in [-0.15, -0.1) is 0 Å². The van der Waals surface area contributed by atoms with Gasteiger partial charge in [0.05, 0.1) is 35.5 Å². The van der Waals surface area contributed by atoms with Crippen LogP contribution in [0.5, 0.6) is 34.5 Å². The van der Waals surface area contributed by atoms with Crippen LogP contribution in [0.1, 0.15) is 48.5 Å². The SMILES string of the molecule is COc1cc(OC)c2c(c1Cl)OC1(C2=O)C(O)=C(C(CC(=O)NCCNC(C)=O)c2cc(OC)c(OC)c(OC)c2)C(=O)CC1C. The largest absolute Gasteiger partial charge is 0.507 e. The van der Waals surface area contributed by atoms with Crippen molar-refractivity contribution in [3.63, 3.8) is 0 Å². The molecule has 1 aliphatic carbocycles. The van der Waals surface area contributed by atoms with Gasteiger partial charge in [0.15, 0.2) is 28.8 Å². The lowest BCUT2D eigenvalue weighted by Crippen LogP contribution is -2.53.